The van der Waals surface area contributed by atoms with Gasteiger partial charge < -0.3 is 10.6 Å². The normalized spacial score (nSPS) is 15.3. The van der Waals surface area contributed by atoms with Gasteiger partial charge in [-0.1, -0.05) is 24.3 Å². The molecule has 7 nitrogen and oxygen atoms in total. The molecule has 1 aliphatic rings. The second kappa shape index (κ2) is 14.2. The summed E-state index contributed by atoms with van der Waals surface area (Å²) in [5, 5.41) is 6.53. The molecule has 1 aromatic rings. The lowest BCUT2D eigenvalue weighted by atomic mass is 10.1. The van der Waals surface area contributed by atoms with Crippen LogP contribution in [0.4, 0.5) is 0 Å². The lowest BCUT2D eigenvalue weighted by Gasteiger charge is -2.17. The van der Waals surface area contributed by atoms with E-state index >= 15 is 0 Å². The van der Waals surface area contributed by atoms with Crippen LogP contribution in [0.3, 0.4) is 0 Å². The summed E-state index contributed by atoms with van der Waals surface area (Å²) in [6.07, 6.45) is 3.36. The van der Waals surface area contributed by atoms with E-state index in [0.717, 1.165) is 25.5 Å². The average Bonchev–Trinajstić information content (AvgIpc) is 3.23. The number of benzene rings is 1. The van der Waals surface area contributed by atoms with Crippen molar-refractivity contribution in [3.8, 4) is 0 Å². The molecule has 0 radical (unpaired) electrons. The van der Waals surface area contributed by atoms with Crippen LogP contribution in [0.5, 0.6) is 0 Å². The predicted octanol–water partition coefficient (Wildman–Crippen LogP) is 2.63. The summed E-state index contributed by atoms with van der Waals surface area (Å²) in [4.78, 5) is 7.15. The first-order valence-electron chi connectivity index (χ1n) is 10.7. The number of aliphatic imine (C=N–C) groups is 1. The van der Waals surface area contributed by atoms with Crippen LogP contribution in [0.15, 0.2) is 29.3 Å². The van der Waals surface area contributed by atoms with Crippen molar-refractivity contribution in [2.24, 2.45) is 4.99 Å². The fourth-order valence-corrected chi connectivity index (χ4v) is 4.18. The van der Waals surface area contributed by atoms with E-state index in [1.54, 1.807) is 14.0 Å². The van der Waals surface area contributed by atoms with Gasteiger partial charge in [-0.05, 0) is 57.3 Å². The van der Waals surface area contributed by atoms with Crippen molar-refractivity contribution < 1.29 is 8.42 Å². The number of nitrogens with zero attached hydrogens (tertiary/aromatic N) is 3. The third-order valence-electron chi connectivity index (χ3n) is 5.17. The quantitative estimate of drug-likeness (QED) is 0.192. The van der Waals surface area contributed by atoms with Gasteiger partial charge in [0, 0.05) is 33.2 Å². The van der Waals surface area contributed by atoms with E-state index < -0.39 is 10.0 Å². The molecule has 2 N–H and O–H groups in total. The molecule has 0 amide bonds. The van der Waals surface area contributed by atoms with Gasteiger partial charge in [-0.25, -0.2) is 17.7 Å². The number of rotatable bonds is 11. The molecule has 1 heterocycles. The van der Waals surface area contributed by atoms with Crippen molar-refractivity contribution >= 4 is 40.0 Å². The summed E-state index contributed by atoms with van der Waals surface area (Å²) >= 11 is 0. The zero-order valence-electron chi connectivity index (χ0n) is 18.6. The predicted molar refractivity (Wildman–Crippen MR) is 136 cm³/mol. The second-order valence-electron chi connectivity index (χ2n) is 7.50. The second-order valence-corrected chi connectivity index (χ2v) is 9.86. The van der Waals surface area contributed by atoms with Gasteiger partial charge in [0.2, 0.25) is 10.0 Å². The van der Waals surface area contributed by atoms with E-state index in [9.17, 15) is 8.42 Å². The van der Waals surface area contributed by atoms with Gasteiger partial charge in [0.25, 0.3) is 0 Å². The molecule has 0 bridgehead atoms. The molecule has 2 rings (SSSR count). The Balaban J connectivity index is 0.00000450. The highest BCUT2D eigenvalue weighted by Gasteiger charge is 2.14. The summed E-state index contributed by atoms with van der Waals surface area (Å²) in [6, 6.07) is 8.72. The first-order chi connectivity index (χ1) is 13.9. The highest BCUT2D eigenvalue weighted by Crippen LogP contribution is 2.13. The lowest BCUT2D eigenvalue weighted by Crippen LogP contribution is -2.39. The Labute approximate surface area is 199 Å². The molecule has 1 aromatic carbocycles. The molecule has 0 saturated carbocycles. The summed E-state index contributed by atoms with van der Waals surface area (Å²) in [5.74, 6) is 0.896. The van der Waals surface area contributed by atoms with Gasteiger partial charge in [0.15, 0.2) is 5.96 Å². The molecular formula is C21H38IN5O2S. The zero-order chi connectivity index (χ0) is 21.1. The van der Waals surface area contributed by atoms with Gasteiger partial charge in [0.05, 0.1) is 12.3 Å². The minimum absolute atomic E-state index is 0. The number of nitrogens with one attached hydrogen (secondary N) is 2. The molecular weight excluding hydrogens is 513 g/mol. The van der Waals surface area contributed by atoms with E-state index in [1.165, 1.54) is 41.4 Å². The van der Waals surface area contributed by atoms with Crippen molar-refractivity contribution in [1.29, 1.82) is 0 Å². The SMILES string of the molecule is CCNC(=NCc1ccc(CN2CCCC2)cc1)NCCCN(C)S(=O)(=O)CC.I. The van der Waals surface area contributed by atoms with Gasteiger partial charge >= 0.3 is 0 Å². The number of sulfonamides is 1. The molecule has 9 heteroatoms. The molecule has 0 aromatic heterocycles. The Kier molecular flexibility index (Phi) is 12.8. The largest absolute Gasteiger partial charge is 0.357 e. The monoisotopic (exact) mass is 551 g/mol. The summed E-state index contributed by atoms with van der Waals surface area (Å²) < 4.78 is 25.0. The molecule has 1 aliphatic heterocycles. The van der Waals surface area contributed by atoms with Gasteiger partial charge in [0.1, 0.15) is 0 Å². The number of halogens is 1. The van der Waals surface area contributed by atoms with Crippen LogP contribution in [0, 0.1) is 0 Å². The number of hydrogen-bond donors (Lipinski definition) is 2. The van der Waals surface area contributed by atoms with Gasteiger partial charge in [-0.15, -0.1) is 24.0 Å². The molecule has 0 spiro atoms. The standard InChI is InChI=1S/C21H37N5O2S.HI/c1-4-22-21(23-13-8-14-25(3)29(27,28)5-2)24-17-19-9-11-20(12-10-19)18-26-15-6-7-16-26;/h9-12H,4-8,13-18H2,1-3H3,(H2,22,23,24);1H. The average molecular weight is 552 g/mol. The van der Waals surface area contributed by atoms with Crippen molar-refractivity contribution in [1.82, 2.24) is 19.8 Å². The van der Waals surface area contributed by atoms with Crippen LogP contribution >= 0.6 is 24.0 Å². The fraction of sp³-hybridized carbons (Fsp3) is 0.667. The Morgan fingerprint density at radius 2 is 1.73 bits per heavy atom. The molecule has 172 valence electrons. The molecule has 1 saturated heterocycles. The third kappa shape index (κ3) is 9.49. The Morgan fingerprint density at radius 3 is 2.33 bits per heavy atom. The van der Waals surface area contributed by atoms with Gasteiger partial charge in [-0.3, -0.25) is 4.90 Å². The zero-order valence-corrected chi connectivity index (χ0v) is 21.7. The van der Waals surface area contributed by atoms with Crippen molar-refractivity contribution in [2.75, 3.05) is 45.5 Å². The maximum atomic E-state index is 11.8. The highest BCUT2D eigenvalue weighted by molar-refractivity contribution is 14.0. The minimum Gasteiger partial charge on any atom is -0.357 e. The number of guanidine groups is 1. The number of likely N-dealkylation sites (tertiary alicyclic amines) is 1. The summed E-state index contributed by atoms with van der Waals surface area (Å²) in [6.45, 7) is 9.73. The summed E-state index contributed by atoms with van der Waals surface area (Å²) in [5.41, 5.74) is 2.54. The Morgan fingerprint density at radius 1 is 1.10 bits per heavy atom. The van der Waals surface area contributed by atoms with Crippen molar-refractivity contribution in [2.45, 2.75) is 46.2 Å². The van der Waals surface area contributed by atoms with E-state index in [1.807, 2.05) is 6.92 Å². The number of hydrogen-bond acceptors (Lipinski definition) is 4. The Hall–Kier alpha value is -0.910. The molecule has 30 heavy (non-hydrogen) atoms. The van der Waals surface area contributed by atoms with Gasteiger partial charge in [-0.2, -0.15) is 0 Å². The molecule has 0 aliphatic carbocycles. The van der Waals surface area contributed by atoms with Crippen LogP contribution < -0.4 is 10.6 Å². The summed E-state index contributed by atoms with van der Waals surface area (Å²) in [7, 11) is -1.48. The molecule has 0 atom stereocenters. The fourth-order valence-electron chi connectivity index (χ4n) is 3.33. The first-order valence-corrected chi connectivity index (χ1v) is 12.3. The minimum atomic E-state index is -3.11. The molecule has 0 unspecified atom stereocenters. The maximum Gasteiger partial charge on any atom is 0.213 e. The maximum absolute atomic E-state index is 11.8. The van der Waals surface area contributed by atoms with E-state index in [4.69, 9.17) is 0 Å². The van der Waals surface area contributed by atoms with Crippen LogP contribution in [-0.2, 0) is 23.1 Å². The van der Waals surface area contributed by atoms with E-state index in [0.29, 0.717) is 19.6 Å². The van der Waals surface area contributed by atoms with Crippen molar-refractivity contribution in [3.63, 3.8) is 0 Å². The topological polar surface area (TPSA) is 77.0 Å². The van der Waals surface area contributed by atoms with Crippen LogP contribution in [0.25, 0.3) is 0 Å². The smallest absolute Gasteiger partial charge is 0.213 e. The van der Waals surface area contributed by atoms with E-state index in [-0.39, 0.29) is 29.7 Å². The third-order valence-corrected chi connectivity index (χ3v) is 7.04. The Bertz CT molecular complexity index is 734. The van der Waals surface area contributed by atoms with Crippen molar-refractivity contribution in [3.05, 3.63) is 35.4 Å². The van der Waals surface area contributed by atoms with Crippen LogP contribution in [-0.4, -0.2) is 69.1 Å². The first kappa shape index (κ1) is 27.1. The molecule has 1 fully saturated rings. The van der Waals surface area contributed by atoms with E-state index in [2.05, 4.69) is 44.8 Å². The van der Waals surface area contributed by atoms with Crippen LogP contribution in [0.2, 0.25) is 0 Å². The van der Waals surface area contributed by atoms with Crippen LogP contribution in [0.1, 0.15) is 44.2 Å². The highest BCUT2D eigenvalue weighted by atomic mass is 127. The lowest BCUT2D eigenvalue weighted by molar-refractivity contribution is 0.331.